The molecule has 1 unspecified atom stereocenters. The summed E-state index contributed by atoms with van der Waals surface area (Å²) in [4.78, 5) is 15.0. The maximum atomic E-state index is 11.9. The zero-order valence-electron chi connectivity index (χ0n) is 9.85. The predicted octanol–water partition coefficient (Wildman–Crippen LogP) is 3.58. The Morgan fingerprint density at radius 1 is 1.41 bits per heavy atom. The fourth-order valence-corrected chi connectivity index (χ4v) is 3.92. The van der Waals surface area contributed by atoms with E-state index in [9.17, 15) is 4.79 Å². The molecule has 3 heteroatoms. The third-order valence-corrected chi connectivity index (χ3v) is 4.66. The lowest BCUT2D eigenvalue weighted by molar-refractivity contribution is -0.116. The molecule has 1 aliphatic carbocycles. The Morgan fingerprint density at radius 2 is 2.24 bits per heavy atom. The van der Waals surface area contributed by atoms with E-state index in [1.165, 1.54) is 23.4 Å². The summed E-state index contributed by atoms with van der Waals surface area (Å²) in [5.74, 6) is 0.121. The molecule has 0 N–H and O–H groups in total. The summed E-state index contributed by atoms with van der Waals surface area (Å²) in [5, 5.41) is 0.461. The molecule has 88 valence electrons. The van der Waals surface area contributed by atoms with Gasteiger partial charge in [-0.15, -0.1) is 11.8 Å². The second-order valence-corrected chi connectivity index (χ2v) is 5.73. The van der Waals surface area contributed by atoms with Gasteiger partial charge in [0.1, 0.15) is 0 Å². The molecule has 0 saturated heterocycles. The standard InChI is InChI=1S/C14H15NOS/c1-10(16)15-11-6-2-4-8-13(11)17-14-9-5-3-7-12(14)15/h2,4,6-8,14H,3,5,9H2,1H3. The van der Waals surface area contributed by atoms with Gasteiger partial charge in [0.25, 0.3) is 0 Å². The van der Waals surface area contributed by atoms with E-state index in [1.54, 1.807) is 6.92 Å². The highest BCUT2D eigenvalue weighted by molar-refractivity contribution is 8.00. The van der Waals surface area contributed by atoms with Crippen molar-refractivity contribution in [2.45, 2.75) is 36.3 Å². The van der Waals surface area contributed by atoms with Gasteiger partial charge in [0.05, 0.1) is 5.69 Å². The summed E-state index contributed by atoms with van der Waals surface area (Å²) in [6, 6.07) is 8.19. The largest absolute Gasteiger partial charge is 0.283 e. The van der Waals surface area contributed by atoms with Crippen LogP contribution in [0.3, 0.4) is 0 Å². The van der Waals surface area contributed by atoms with Crippen LogP contribution in [0.5, 0.6) is 0 Å². The number of allylic oxidation sites excluding steroid dienone is 1. The number of hydrogen-bond donors (Lipinski definition) is 0. The first-order valence-corrected chi connectivity index (χ1v) is 6.92. The zero-order chi connectivity index (χ0) is 11.8. The second kappa shape index (κ2) is 4.22. The number of amides is 1. The van der Waals surface area contributed by atoms with Crippen LogP contribution in [0.4, 0.5) is 5.69 Å². The molecule has 17 heavy (non-hydrogen) atoms. The summed E-state index contributed by atoms with van der Waals surface area (Å²) in [7, 11) is 0. The molecule has 1 amide bonds. The van der Waals surface area contributed by atoms with E-state index in [0.29, 0.717) is 5.25 Å². The monoisotopic (exact) mass is 245 g/mol. The first kappa shape index (κ1) is 10.9. The third-order valence-electron chi connectivity index (χ3n) is 3.30. The molecular formula is C14H15NOS. The number of rotatable bonds is 0. The van der Waals surface area contributed by atoms with Crippen LogP contribution in [0.15, 0.2) is 40.9 Å². The minimum atomic E-state index is 0.121. The Balaban J connectivity index is 2.13. The van der Waals surface area contributed by atoms with Crippen molar-refractivity contribution < 1.29 is 4.79 Å². The quantitative estimate of drug-likeness (QED) is 0.696. The highest BCUT2D eigenvalue weighted by Gasteiger charge is 2.33. The molecule has 1 atom stereocenters. The van der Waals surface area contributed by atoms with E-state index in [2.05, 4.69) is 12.1 Å². The molecule has 0 aromatic heterocycles. The average molecular weight is 245 g/mol. The Bertz CT molecular complexity index is 495. The van der Waals surface area contributed by atoms with Crippen LogP contribution in [-0.4, -0.2) is 11.2 Å². The number of carbonyl (C=O) groups is 1. The second-order valence-electron chi connectivity index (χ2n) is 4.49. The van der Waals surface area contributed by atoms with Gasteiger partial charge in [-0.3, -0.25) is 9.69 Å². The van der Waals surface area contributed by atoms with Gasteiger partial charge in [0.15, 0.2) is 0 Å². The molecule has 1 aromatic carbocycles. The molecule has 0 saturated carbocycles. The lowest BCUT2D eigenvalue weighted by Crippen LogP contribution is -2.37. The Hall–Kier alpha value is -1.22. The number of anilines is 1. The summed E-state index contributed by atoms with van der Waals surface area (Å²) < 4.78 is 0. The van der Waals surface area contributed by atoms with Gasteiger partial charge in [0, 0.05) is 22.8 Å². The smallest absolute Gasteiger partial charge is 0.228 e. The molecule has 3 rings (SSSR count). The molecular weight excluding hydrogens is 230 g/mol. The van der Waals surface area contributed by atoms with Crippen molar-refractivity contribution in [3.63, 3.8) is 0 Å². The molecule has 0 fully saturated rings. The van der Waals surface area contributed by atoms with Gasteiger partial charge in [-0.05, 0) is 31.4 Å². The SMILES string of the molecule is CC(=O)N1C2=CCCCC2Sc2ccccc21. The lowest BCUT2D eigenvalue weighted by Gasteiger charge is -2.38. The Kier molecular flexibility index (Phi) is 2.71. The summed E-state index contributed by atoms with van der Waals surface area (Å²) in [6.07, 6.45) is 5.74. The van der Waals surface area contributed by atoms with E-state index in [-0.39, 0.29) is 5.91 Å². The summed E-state index contributed by atoms with van der Waals surface area (Å²) in [6.45, 7) is 1.65. The number of carbonyl (C=O) groups excluding carboxylic acids is 1. The highest BCUT2D eigenvalue weighted by Crippen LogP contribution is 2.46. The van der Waals surface area contributed by atoms with Gasteiger partial charge in [-0.1, -0.05) is 18.2 Å². The van der Waals surface area contributed by atoms with Crippen molar-refractivity contribution >= 4 is 23.4 Å². The van der Waals surface area contributed by atoms with Crippen LogP contribution in [0, 0.1) is 0 Å². The predicted molar refractivity (Wildman–Crippen MR) is 71.2 cm³/mol. The molecule has 0 spiro atoms. The van der Waals surface area contributed by atoms with Crippen molar-refractivity contribution in [1.82, 2.24) is 0 Å². The first-order valence-electron chi connectivity index (χ1n) is 6.04. The maximum Gasteiger partial charge on any atom is 0.228 e. The van der Waals surface area contributed by atoms with Gasteiger partial charge >= 0.3 is 0 Å². The molecule has 1 aliphatic heterocycles. The topological polar surface area (TPSA) is 20.3 Å². The zero-order valence-corrected chi connectivity index (χ0v) is 10.7. The van der Waals surface area contributed by atoms with Crippen molar-refractivity contribution in [3.8, 4) is 0 Å². The van der Waals surface area contributed by atoms with Crippen molar-refractivity contribution in [1.29, 1.82) is 0 Å². The molecule has 0 bridgehead atoms. The van der Waals surface area contributed by atoms with Crippen LogP contribution in [-0.2, 0) is 4.79 Å². The van der Waals surface area contributed by atoms with Crippen molar-refractivity contribution in [2.24, 2.45) is 0 Å². The lowest BCUT2D eigenvalue weighted by atomic mass is 10.0. The van der Waals surface area contributed by atoms with E-state index < -0.39 is 0 Å². The number of fused-ring (bicyclic) bond motifs is 2. The Labute approximate surface area is 106 Å². The number of para-hydroxylation sites is 1. The first-order chi connectivity index (χ1) is 8.27. The van der Waals surface area contributed by atoms with Crippen LogP contribution in [0.2, 0.25) is 0 Å². The van der Waals surface area contributed by atoms with Gasteiger partial charge in [-0.2, -0.15) is 0 Å². The number of nitrogens with zero attached hydrogens (tertiary/aromatic N) is 1. The van der Waals surface area contributed by atoms with Gasteiger partial charge < -0.3 is 0 Å². The number of thioether (sulfide) groups is 1. The van der Waals surface area contributed by atoms with E-state index in [0.717, 1.165) is 12.1 Å². The summed E-state index contributed by atoms with van der Waals surface area (Å²) >= 11 is 1.90. The average Bonchev–Trinajstić information content (AvgIpc) is 2.35. The molecule has 2 nitrogen and oxygen atoms in total. The van der Waals surface area contributed by atoms with E-state index in [1.807, 2.05) is 34.9 Å². The Morgan fingerprint density at radius 3 is 3.06 bits per heavy atom. The summed E-state index contributed by atoms with van der Waals surface area (Å²) in [5.41, 5.74) is 2.25. The number of hydrogen-bond acceptors (Lipinski definition) is 2. The van der Waals surface area contributed by atoms with Gasteiger partial charge in [0.2, 0.25) is 5.91 Å². The molecule has 1 heterocycles. The molecule has 2 aliphatic rings. The normalized spacial score (nSPS) is 22.5. The minimum absolute atomic E-state index is 0.121. The van der Waals surface area contributed by atoms with E-state index >= 15 is 0 Å². The fourth-order valence-electron chi connectivity index (χ4n) is 2.57. The van der Waals surface area contributed by atoms with Crippen LogP contribution < -0.4 is 4.90 Å². The van der Waals surface area contributed by atoms with E-state index in [4.69, 9.17) is 0 Å². The van der Waals surface area contributed by atoms with Gasteiger partial charge in [-0.25, -0.2) is 0 Å². The highest BCUT2D eigenvalue weighted by atomic mass is 32.2. The van der Waals surface area contributed by atoms with Crippen LogP contribution >= 0.6 is 11.8 Å². The van der Waals surface area contributed by atoms with Crippen molar-refractivity contribution in [3.05, 3.63) is 36.0 Å². The van der Waals surface area contributed by atoms with Crippen molar-refractivity contribution in [2.75, 3.05) is 4.90 Å². The minimum Gasteiger partial charge on any atom is -0.283 e. The third kappa shape index (κ3) is 1.78. The number of benzene rings is 1. The van der Waals surface area contributed by atoms with Crippen LogP contribution in [0.1, 0.15) is 26.2 Å². The molecule has 1 aromatic rings. The molecule has 0 radical (unpaired) electrons. The van der Waals surface area contributed by atoms with Crippen LogP contribution in [0.25, 0.3) is 0 Å². The fraction of sp³-hybridized carbons (Fsp3) is 0.357. The maximum absolute atomic E-state index is 11.9.